The van der Waals surface area contributed by atoms with E-state index in [2.05, 4.69) is 38.2 Å². The number of aliphatic carboxylic acids is 1. The quantitative estimate of drug-likeness (QED) is 0.0284. The van der Waals surface area contributed by atoms with Crippen molar-refractivity contribution in [1.82, 2.24) is 0 Å². The number of carboxylic acids is 1. The molecule has 0 aromatic heterocycles. The number of carboxylic acid groups (broad SMARTS) is 1. The number of carbonyl (C=O) groups is 3. The Morgan fingerprint density at radius 1 is 0.518 bits per heavy atom. The first-order valence-electron chi connectivity index (χ1n) is 23.4. The topological polar surface area (TPSA) is 99.1 Å². The molecule has 0 rings (SSSR count). The van der Waals surface area contributed by atoms with Gasteiger partial charge in [-0.25, -0.2) is 4.79 Å². The summed E-state index contributed by atoms with van der Waals surface area (Å²) in [5.74, 6) is -1.51. The molecule has 0 amide bonds. The second kappa shape index (κ2) is 39.6. The summed E-state index contributed by atoms with van der Waals surface area (Å²) in [6, 6.07) is -0.616. The van der Waals surface area contributed by atoms with Crippen LogP contribution in [0, 0.1) is 0 Å². The van der Waals surface area contributed by atoms with E-state index in [4.69, 9.17) is 14.2 Å². The highest BCUT2D eigenvalue weighted by Gasteiger charge is 2.31. The van der Waals surface area contributed by atoms with Crippen LogP contribution in [0.3, 0.4) is 0 Å². The SMILES string of the molecule is CCCCCC/C=C/CCCC(=O)OCC(COCCC(C(=O)O)[N+](C)(C)C)OC(=O)CCCCCCCCC/C=C/CCCCCCCCCCCCCC. The highest BCUT2D eigenvalue weighted by atomic mass is 16.6. The van der Waals surface area contributed by atoms with E-state index in [1.54, 1.807) is 0 Å². The number of allylic oxidation sites excluding steroid dienone is 4. The van der Waals surface area contributed by atoms with Gasteiger partial charge in [-0.05, 0) is 57.8 Å². The third-order valence-corrected chi connectivity index (χ3v) is 10.6. The highest BCUT2D eigenvalue weighted by Crippen LogP contribution is 2.15. The molecular weight excluding hydrogens is 703 g/mol. The van der Waals surface area contributed by atoms with Gasteiger partial charge in [-0.1, -0.05) is 160 Å². The maximum atomic E-state index is 12.7. The Morgan fingerprint density at radius 2 is 0.911 bits per heavy atom. The minimum absolute atomic E-state index is 0.0534. The van der Waals surface area contributed by atoms with Gasteiger partial charge in [0.05, 0.1) is 34.4 Å². The fourth-order valence-corrected chi connectivity index (χ4v) is 6.91. The molecule has 2 unspecified atom stereocenters. The fourth-order valence-electron chi connectivity index (χ4n) is 6.91. The van der Waals surface area contributed by atoms with Crippen molar-refractivity contribution in [2.75, 3.05) is 41.0 Å². The number of unbranched alkanes of at least 4 members (excludes halogenated alkanes) is 24. The standard InChI is InChI=1S/C48H89NO7/c1-6-8-10-12-14-16-17-18-19-20-21-22-23-24-25-26-27-28-29-31-33-35-37-39-47(51)56-44(42-54-41-40-45(48(52)53)49(3,4)5)43-55-46(50)38-36-34-32-30-15-13-11-9-7-2/h24-25,30,32,44-45H,6-23,26-29,31,33-43H2,1-5H3/p+1/b25-24+,32-30+. The van der Waals surface area contributed by atoms with Crippen LogP contribution < -0.4 is 0 Å². The summed E-state index contributed by atoms with van der Waals surface area (Å²) < 4.78 is 17.2. The normalized spacial score (nSPS) is 13.1. The molecule has 0 aliphatic rings. The lowest BCUT2D eigenvalue weighted by atomic mass is 10.0. The maximum Gasteiger partial charge on any atom is 0.362 e. The first-order chi connectivity index (χ1) is 27.1. The fraction of sp³-hybridized carbons (Fsp3) is 0.854. The third-order valence-electron chi connectivity index (χ3n) is 10.6. The van der Waals surface area contributed by atoms with Crippen molar-refractivity contribution in [1.29, 1.82) is 0 Å². The molecule has 0 radical (unpaired) electrons. The van der Waals surface area contributed by atoms with Crippen LogP contribution in [0.1, 0.15) is 213 Å². The van der Waals surface area contributed by atoms with Crippen molar-refractivity contribution in [3.05, 3.63) is 24.3 Å². The van der Waals surface area contributed by atoms with Gasteiger partial charge < -0.3 is 23.8 Å². The van der Waals surface area contributed by atoms with E-state index in [1.807, 2.05) is 21.1 Å². The van der Waals surface area contributed by atoms with E-state index in [9.17, 15) is 19.5 Å². The number of hydrogen-bond donors (Lipinski definition) is 1. The molecule has 0 spiro atoms. The number of hydrogen-bond acceptors (Lipinski definition) is 6. The minimum atomic E-state index is -0.878. The molecule has 2 atom stereocenters. The first-order valence-corrected chi connectivity index (χ1v) is 23.4. The van der Waals surface area contributed by atoms with Gasteiger partial charge >= 0.3 is 17.9 Å². The highest BCUT2D eigenvalue weighted by molar-refractivity contribution is 5.72. The zero-order valence-corrected chi connectivity index (χ0v) is 37.3. The predicted molar refractivity (Wildman–Crippen MR) is 234 cm³/mol. The molecule has 56 heavy (non-hydrogen) atoms. The zero-order chi connectivity index (χ0) is 41.4. The zero-order valence-electron chi connectivity index (χ0n) is 37.3. The van der Waals surface area contributed by atoms with Gasteiger partial charge in [0, 0.05) is 19.3 Å². The second-order valence-electron chi connectivity index (χ2n) is 17.0. The Morgan fingerprint density at radius 3 is 1.36 bits per heavy atom. The van der Waals surface area contributed by atoms with Crippen LogP contribution in [-0.2, 0) is 28.6 Å². The monoisotopic (exact) mass is 793 g/mol. The van der Waals surface area contributed by atoms with Crippen molar-refractivity contribution in [3.63, 3.8) is 0 Å². The molecule has 0 saturated heterocycles. The predicted octanol–water partition coefficient (Wildman–Crippen LogP) is 12.9. The minimum Gasteiger partial charge on any atom is -0.477 e. The lowest BCUT2D eigenvalue weighted by molar-refractivity contribution is -0.887. The van der Waals surface area contributed by atoms with Crippen LogP contribution in [0.2, 0.25) is 0 Å². The number of nitrogens with zero attached hydrogens (tertiary/aromatic N) is 1. The molecule has 8 nitrogen and oxygen atoms in total. The number of rotatable bonds is 42. The molecule has 0 bridgehead atoms. The molecule has 0 aliphatic heterocycles. The van der Waals surface area contributed by atoms with Gasteiger partial charge in [0.25, 0.3) is 0 Å². The van der Waals surface area contributed by atoms with Crippen LogP contribution in [0.4, 0.5) is 0 Å². The van der Waals surface area contributed by atoms with E-state index < -0.39 is 18.1 Å². The summed E-state index contributed by atoms with van der Waals surface area (Å²) in [6.07, 6.45) is 43.9. The summed E-state index contributed by atoms with van der Waals surface area (Å²) in [5, 5.41) is 9.61. The molecule has 0 aromatic carbocycles. The van der Waals surface area contributed by atoms with E-state index in [0.29, 0.717) is 25.7 Å². The van der Waals surface area contributed by atoms with Gasteiger partial charge in [0.2, 0.25) is 0 Å². The number of ether oxygens (including phenoxy) is 3. The van der Waals surface area contributed by atoms with Crippen LogP contribution in [-0.4, -0.2) is 80.6 Å². The smallest absolute Gasteiger partial charge is 0.362 e. The van der Waals surface area contributed by atoms with E-state index in [-0.39, 0.29) is 36.2 Å². The van der Waals surface area contributed by atoms with Crippen LogP contribution >= 0.6 is 0 Å². The molecule has 0 heterocycles. The van der Waals surface area contributed by atoms with Crippen molar-refractivity contribution in [2.45, 2.75) is 225 Å². The van der Waals surface area contributed by atoms with Crippen LogP contribution in [0.15, 0.2) is 24.3 Å². The molecule has 328 valence electrons. The average molecular weight is 793 g/mol. The van der Waals surface area contributed by atoms with Crippen molar-refractivity contribution < 1.29 is 38.2 Å². The molecule has 0 aromatic rings. The third kappa shape index (κ3) is 37.4. The Labute approximate surface area is 345 Å². The largest absolute Gasteiger partial charge is 0.477 e. The van der Waals surface area contributed by atoms with Crippen molar-refractivity contribution in [3.8, 4) is 0 Å². The van der Waals surface area contributed by atoms with Gasteiger partial charge in [-0.15, -0.1) is 0 Å². The molecule has 0 aliphatic carbocycles. The summed E-state index contributed by atoms with van der Waals surface area (Å²) >= 11 is 0. The Hall–Kier alpha value is -2.19. The Balaban J connectivity index is 4.18. The first kappa shape index (κ1) is 53.8. The summed E-state index contributed by atoms with van der Waals surface area (Å²) in [6.45, 7) is 4.68. The van der Waals surface area contributed by atoms with E-state index in [1.165, 1.54) is 141 Å². The van der Waals surface area contributed by atoms with Gasteiger partial charge in [0.15, 0.2) is 12.1 Å². The van der Waals surface area contributed by atoms with E-state index in [0.717, 1.165) is 32.1 Å². The number of likely N-dealkylation sites (N-methyl/N-ethyl adjacent to an activating group) is 1. The van der Waals surface area contributed by atoms with Gasteiger partial charge in [-0.3, -0.25) is 9.59 Å². The lowest BCUT2D eigenvalue weighted by Crippen LogP contribution is -2.50. The molecule has 1 N–H and O–H groups in total. The average Bonchev–Trinajstić information content (AvgIpc) is 3.15. The van der Waals surface area contributed by atoms with E-state index >= 15 is 0 Å². The Kier molecular flexibility index (Phi) is 38.1. The van der Waals surface area contributed by atoms with Gasteiger partial charge in [-0.2, -0.15) is 0 Å². The van der Waals surface area contributed by atoms with Crippen molar-refractivity contribution in [2.24, 2.45) is 0 Å². The molecule has 8 heteroatoms. The molecular formula is C48H90NO7+. The Bertz CT molecular complexity index is 973. The summed E-state index contributed by atoms with van der Waals surface area (Å²) in [7, 11) is 5.52. The molecule has 0 fully saturated rings. The second-order valence-corrected chi connectivity index (χ2v) is 17.0. The lowest BCUT2D eigenvalue weighted by Gasteiger charge is -2.31. The van der Waals surface area contributed by atoms with Crippen LogP contribution in [0.5, 0.6) is 0 Å². The number of quaternary nitrogens is 1. The van der Waals surface area contributed by atoms with Crippen LogP contribution in [0.25, 0.3) is 0 Å². The summed E-state index contributed by atoms with van der Waals surface area (Å²) in [4.78, 5) is 36.9. The number of esters is 2. The molecule has 0 saturated carbocycles. The van der Waals surface area contributed by atoms with Crippen molar-refractivity contribution >= 4 is 17.9 Å². The van der Waals surface area contributed by atoms with Gasteiger partial charge in [0.1, 0.15) is 6.61 Å². The maximum absolute atomic E-state index is 12.7. The number of carbonyl (C=O) groups excluding carboxylic acids is 2. The summed E-state index contributed by atoms with van der Waals surface area (Å²) in [5.41, 5.74) is 0.